The van der Waals surface area contributed by atoms with Crippen LogP contribution in [0.3, 0.4) is 0 Å². The summed E-state index contributed by atoms with van der Waals surface area (Å²) < 4.78 is 46.9. The Hall–Kier alpha value is -3.62. The fourth-order valence-electron chi connectivity index (χ4n) is 3.74. The third-order valence-electron chi connectivity index (χ3n) is 5.74. The molecule has 4 rings (SSSR count). The van der Waals surface area contributed by atoms with E-state index in [0.717, 1.165) is 25.0 Å². The lowest BCUT2D eigenvalue weighted by Gasteiger charge is -2.13. The van der Waals surface area contributed by atoms with E-state index in [9.17, 15) is 18.0 Å². The molecule has 0 aliphatic carbocycles. The van der Waals surface area contributed by atoms with Crippen molar-refractivity contribution < 1.29 is 22.7 Å². The van der Waals surface area contributed by atoms with Crippen LogP contribution in [0.25, 0.3) is 27.9 Å². The van der Waals surface area contributed by atoms with Gasteiger partial charge in [0.2, 0.25) is 0 Å². The van der Waals surface area contributed by atoms with Gasteiger partial charge in [0.1, 0.15) is 16.9 Å². The predicted octanol–water partition coefficient (Wildman–Crippen LogP) is 5.77. The lowest BCUT2D eigenvalue weighted by molar-refractivity contribution is -0.137. The smallest absolute Gasteiger partial charge is 0.416 e. The Morgan fingerprint density at radius 1 is 1.06 bits per heavy atom. The zero-order valence-electron chi connectivity index (χ0n) is 18.2. The van der Waals surface area contributed by atoms with Gasteiger partial charge in [-0.05, 0) is 36.2 Å². The van der Waals surface area contributed by atoms with Gasteiger partial charge in [-0.15, -0.1) is 0 Å². The molecule has 0 saturated carbocycles. The molecule has 0 aliphatic rings. The number of hydrogen-bond acceptors (Lipinski definition) is 5. The number of rotatable bonds is 6. The average molecular weight is 456 g/mol. The summed E-state index contributed by atoms with van der Waals surface area (Å²) in [5.74, 6) is -0.562. The summed E-state index contributed by atoms with van der Waals surface area (Å²) in [6.45, 7) is 4.23. The molecule has 0 spiro atoms. The van der Waals surface area contributed by atoms with Crippen molar-refractivity contribution in [1.29, 1.82) is 0 Å². The van der Waals surface area contributed by atoms with E-state index in [-0.39, 0.29) is 40.8 Å². The van der Waals surface area contributed by atoms with Crippen molar-refractivity contribution in [3.8, 4) is 5.69 Å². The molecule has 4 aromatic rings. The number of carbonyl (C=O) groups excluding carboxylic acids is 1. The van der Waals surface area contributed by atoms with Crippen molar-refractivity contribution in [3.05, 3.63) is 59.7 Å². The minimum atomic E-state index is -4.54. The molecule has 0 fully saturated rings. The number of esters is 1. The van der Waals surface area contributed by atoms with Crippen LogP contribution in [0.5, 0.6) is 0 Å². The third-order valence-corrected chi connectivity index (χ3v) is 5.74. The van der Waals surface area contributed by atoms with Crippen LogP contribution >= 0.6 is 0 Å². The second-order valence-electron chi connectivity index (χ2n) is 7.81. The van der Waals surface area contributed by atoms with Crippen molar-refractivity contribution in [2.45, 2.75) is 32.9 Å². The largest absolute Gasteiger partial charge is 0.462 e. The van der Waals surface area contributed by atoms with Crippen LogP contribution in [0.2, 0.25) is 0 Å². The van der Waals surface area contributed by atoms with Crippen molar-refractivity contribution in [3.63, 3.8) is 0 Å². The first kappa shape index (κ1) is 22.6. The van der Waals surface area contributed by atoms with Crippen LogP contribution in [0.15, 0.2) is 48.5 Å². The average Bonchev–Trinajstić information content (AvgIpc) is 3.08. The Labute approximate surface area is 188 Å². The fraction of sp³-hybridized carbons (Fsp3) is 0.292. The van der Waals surface area contributed by atoms with Crippen LogP contribution in [-0.4, -0.2) is 27.1 Å². The Bertz CT molecular complexity index is 1330. The van der Waals surface area contributed by atoms with E-state index < -0.39 is 17.7 Å². The number of aromatic nitrogens is 3. The van der Waals surface area contributed by atoms with Gasteiger partial charge in [-0.3, -0.25) is 4.57 Å². The molecule has 2 aromatic carbocycles. The van der Waals surface area contributed by atoms with E-state index in [1.54, 1.807) is 24.3 Å². The van der Waals surface area contributed by atoms with Crippen molar-refractivity contribution in [2.75, 3.05) is 12.3 Å². The molecule has 9 heteroatoms. The first-order valence-electron chi connectivity index (χ1n) is 10.7. The van der Waals surface area contributed by atoms with Gasteiger partial charge in [0.05, 0.1) is 23.2 Å². The minimum Gasteiger partial charge on any atom is -0.462 e. The van der Waals surface area contributed by atoms with E-state index in [0.29, 0.717) is 11.0 Å². The molecule has 0 saturated heterocycles. The maximum absolute atomic E-state index is 13.3. The number of nitrogen functional groups attached to an aromatic ring is 1. The standard InChI is InChI=1S/C24H23F3N4O2/c1-3-14(4-2)13-33-23(32)19-20-22(30-18-11-6-5-10-17(18)29-20)31(21(19)28)16-9-7-8-15(12-16)24(25,26)27/h5-12,14H,3-4,13,28H2,1-2H3. The van der Waals surface area contributed by atoms with Crippen LogP contribution in [0, 0.1) is 5.92 Å². The topological polar surface area (TPSA) is 83.0 Å². The highest BCUT2D eigenvalue weighted by Crippen LogP contribution is 2.35. The highest BCUT2D eigenvalue weighted by molar-refractivity contribution is 6.09. The molecule has 0 atom stereocenters. The first-order valence-corrected chi connectivity index (χ1v) is 10.7. The summed E-state index contributed by atoms with van der Waals surface area (Å²) in [6, 6.07) is 11.7. The van der Waals surface area contributed by atoms with Crippen LogP contribution in [-0.2, 0) is 10.9 Å². The summed E-state index contributed by atoms with van der Waals surface area (Å²) in [4.78, 5) is 22.2. The number of anilines is 1. The van der Waals surface area contributed by atoms with Crippen LogP contribution in [0.1, 0.15) is 42.6 Å². The van der Waals surface area contributed by atoms with Gasteiger partial charge in [0.25, 0.3) is 0 Å². The van der Waals surface area contributed by atoms with Crippen molar-refractivity contribution in [1.82, 2.24) is 14.5 Å². The normalized spacial score (nSPS) is 12.1. The molecule has 0 unspecified atom stereocenters. The highest BCUT2D eigenvalue weighted by Gasteiger charge is 2.32. The molecule has 2 N–H and O–H groups in total. The maximum Gasteiger partial charge on any atom is 0.416 e. The zero-order chi connectivity index (χ0) is 23.8. The van der Waals surface area contributed by atoms with Gasteiger partial charge in [-0.1, -0.05) is 44.9 Å². The van der Waals surface area contributed by atoms with Crippen molar-refractivity contribution >= 4 is 34.0 Å². The molecule has 6 nitrogen and oxygen atoms in total. The molecule has 0 amide bonds. The fourth-order valence-corrected chi connectivity index (χ4v) is 3.74. The quantitative estimate of drug-likeness (QED) is 0.373. The second kappa shape index (κ2) is 8.73. The number of benzene rings is 2. The number of alkyl halides is 3. The van der Waals surface area contributed by atoms with Crippen LogP contribution < -0.4 is 5.73 Å². The number of ether oxygens (including phenoxy) is 1. The highest BCUT2D eigenvalue weighted by atomic mass is 19.4. The number of hydrogen-bond donors (Lipinski definition) is 1. The Morgan fingerprint density at radius 2 is 1.73 bits per heavy atom. The van der Waals surface area contributed by atoms with E-state index in [1.807, 2.05) is 13.8 Å². The van der Waals surface area contributed by atoms with Crippen molar-refractivity contribution in [2.24, 2.45) is 5.92 Å². The van der Waals surface area contributed by atoms with Gasteiger partial charge in [-0.25, -0.2) is 14.8 Å². The van der Waals surface area contributed by atoms with E-state index in [1.165, 1.54) is 16.7 Å². The Morgan fingerprint density at radius 3 is 2.36 bits per heavy atom. The maximum atomic E-state index is 13.3. The number of para-hydroxylation sites is 2. The zero-order valence-corrected chi connectivity index (χ0v) is 18.2. The van der Waals surface area contributed by atoms with E-state index >= 15 is 0 Å². The third kappa shape index (κ3) is 4.22. The SMILES string of the molecule is CCC(CC)COC(=O)c1c(N)n(-c2cccc(C(F)(F)F)c2)c2nc3ccccc3nc12. The molecule has 2 aromatic heterocycles. The van der Waals surface area contributed by atoms with Crippen LogP contribution in [0.4, 0.5) is 19.0 Å². The number of halogens is 3. The Balaban J connectivity index is 1.93. The van der Waals surface area contributed by atoms with Gasteiger partial charge >= 0.3 is 12.1 Å². The number of carbonyl (C=O) groups is 1. The minimum absolute atomic E-state index is 0.00776. The summed E-state index contributed by atoms with van der Waals surface area (Å²) in [5.41, 5.74) is 7.03. The monoisotopic (exact) mass is 456 g/mol. The van der Waals surface area contributed by atoms with Gasteiger partial charge in [-0.2, -0.15) is 13.2 Å². The summed E-state index contributed by atoms with van der Waals surface area (Å²) >= 11 is 0. The van der Waals surface area contributed by atoms with E-state index in [4.69, 9.17) is 10.5 Å². The molecule has 0 bridgehead atoms. The van der Waals surface area contributed by atoms with Gasteiger partial charge < -0.3 is 10.5 Å². The second-order valence-corrected chi connectivity index (χ2v) is 7.81. The molecule has 33 heavy (non-hydrogen) atoms. The lowest BCUT2D eigenvalue weighted by atomic mass is 10.1. The molecule has 0 radical (unpaired) electrons. The number of nitrogens with two attached hydrogens (primary N) is 1. The lowest BCUT2D eigenvalue weighted by Crippen LogP contribution is -2.15. The summed E-state index contributed by atoms with van der Waals surface area (Å²) in [5, 5.41) is 0. The number of fused-ring (bicyclic) bond motifs is 2. The molecule has 172 valence electrons. The van der Waals surface area contributed by atoms with E-state index in [2.05, 4.69) is 9.97 Å². The predicted molar refractivity (Wildman–Crippen MR) is 120 cm³/mol. The summed E-state index contributed by atoms with van der Waals surface area (Å²) in [6.07, 6.45) is -2.85. The molecule has 2 heterocycles. The Kier molecular flexibility index (Phi) is 5.97. The molecular weight excluding hydrogens is 433 g/mol. The molecule has 0 aliphatic heterocycles. The van der Waals surface area contributed by atoms with Gasteiger partial charge in [0, 0.05) is 5.69 Å². The summed E-state index contributed by atoms with van der Waals surface area (Å²) in [7, 11) is 0. The number of nitrogens with zero attached hydrogens (tertiary/aromatic N) is 3. The first-order chi connectivity index (χ1) is 15.7. The van der Waals surface area contributed by atoms with Gasteiger partial charge in [0.15, 0.2) is 5.65 Å². The molecular formula is C24H23F3N4O2.